The molecule has 0 spiro atoms. The van der Waals surface area contributed by atoms with Gasteiger partial charge in [-0.15, -0.1) is 0 Å². The maximum Gasteiger partial charge on any atom is 0.331 e. The van der Waals surface area contributed by atoms with E-state index in [4.69, 9.17) is 5.11 Å². The van der Waals surface area contributed by atoms with Gasteiger partial charge in [-0.25, -0.2) is 4.79 Å². The smallest absolute Gasteiger partial charge is 0.331 e. The highest BCUT2D eigenvalue weighted by molar-refractivity contribution is 5.85. The molecular formula is C7H13NO2. The van der Waals surface area contributed by atoms with E-state index in [-0.39, 0.29) is 11.6 Å². The fourth-order valence-electron chi connectivity index (χ4n) is 0.559. The third-order valence-corrected chi connectivity index (χ3v) is 1.35. The summed E-state index contributed by atoms with van der Waals surface area (Å²) in [4.78, 5) is 10.2. The number of nitrogens with one attached hydrogen (secondary N) is 1. The molecule has 0 saturated heterocycles. The molecule has 0 amide bonds. The summed E-state index contributed by atoms with van der Waals surface area (Å²) in [7, 11) is 1.79. The number of carboxylic acids is 1. The van der Waals surface area contributed by atoms with Crippen LogP contribution in [0.5, 0.6) is 0 Å². The van der Waals surface area contributed by atoms with Crippen LogP contribution in [0.2, 0.25) is 0 Å². The van der Waals surface area contributed by atoms with Crippen molar-refractivity contribution < 1.29 is 9.90 Å². The number of carbonyl (C=O) groups is 1. The Bertz CT molecular complexity index is 143. The average molecular weight is 143 g/mol. The van der Waals surface area contributed by atoms with Crippen LogP contribution in [0.4, 0.5) is 0 Å². The van der Waals surface area contributed by atoms with Crippen LogP contribution in [0.15, 0.2) is 12.2 Å². The second-order valence-electron chi connectivity index (χ2n) is 2.30. The SMILES string of the molecule is C=C(CC(C)NC)C(=O)O. The minimum absolute atomic E-state index is 0.184. The molecule has 10 heavy (non-hydrogen) atoms. The van der Waals surface area contributed by atoms with Crippen molar-refractivity contribution in [2.24, 2.45) is 0 Å². The lowest BCUT2D eigenvalue weighted by Gasteiger charge is -2.08. The summed E-state index contributed by atoms with van der Waals surface area (Å²) in [6.45, 7) is 5.31. The van der Waals surface area contributed by atoms with Crippen LogP contribution in [0.25, 0.3) is 0 Å². The van der Waals surface area contributed by atoms with Crippen molar-refractivity contribution in [3.63, 3.8) is 0 Å². The molecule has 0 fully saturated rings. The molecule has 0 aliphatic heterocycles. The van der Waals surface area contributed by atoms with Crippen LogP contribution in [-0.2, 0) is 4.79 Å². The second kappa shape index (κ2) is 4.06. The van der Waals surface area contributed by atoms with Crippen molar-refractivity contribution in [1.82, 2.24) is 5.32 Å². The Hall–Kier alpha value is -0.830. The molecule has 2 N–H and O–H groups in total. The highest BCUT2D eigenvalue weighted by Gasteiger charge is 2.06. The molecule has 0 rings (SSSR count). The van der Waals surface area contributed by atoms with Gasteiger partial charge in [0.05, 0.1) is 0 Å². The van der Waals surface area contributed by atoms with E-state index in [0.29, 0.717) is 6.42 Å². The van der Waals surface area contributed by atoms with Crippen molar-refractivity contribution in [2.75, 3.05) is 7.05 Å². The molecule has 0 radical (unpaired) electrons. The average Bonchev–Trinajstić information content (AvgIpc) is 1.87. The molecule has 3 nitrogen and oxygen atoms in total. The van der Waals surface area contributed by atoms with Gasteiger partial charge in [0.25, 0.3) is 0 Å². The van der Waals surface area contributed by atoms with Gasteiger partial charge in [0.2, 0.25) is 0 Å². The summed E-state index contributed by atoms with van der Waals surface area (Å²) in [5, 5.41) is 11.3. The number of carboxylic acid groups (broad SMARTS) is 1. The maximum absolute atomic E-state index is 10.2. The molecule has 1 atom stereocenters. The topological polar surface area (TPSA) is 49.3 Å². The van der Waals surface area contributed by atoms with Gasteiger partial charge >= 0.3 is 5.97 Å². The Morgan fingerprint density at radius 3 is 2.60 bits per heavy atom. The van der Waals surface area contributed by atoms with Crippen molar-refractivity contribution in [3.05, 3.63) is 12.2 Å². The van der Waals surface area contributed by atoms with Gasteiger partial charge in [-0.05, 0) is 20.4 Å². The number of hydrogen-bond acceptors (Lipinski definition) is 2. The van der Waals surface area contributed by atoms with E-state index in [1.165, 1.54) is 0 Å². The molecule has 1 unspecified atom stereocenters. The predicted octanol–water partition coefficient (Wildman–Crippen LogP) is 0.625. The Kier molecular flexibility index (Phi) is 3.72. The number of rotatable bonds is 4. The quantitative estimate of drug-likeness (QED) is 0.567. The lowest BCUT2D eigenvalue weighted by Crippen LogP contribution is -2.22. The van der Waals surface area contributed by atoms with E-state index < -0.39 is 5.97 Å². The zero-order chi connectivity index (χ0) is 8.15. The zero-order valence-electron chi connectivity index (χ0n) is 6.35. The minimum Gasteiger partial charge on any atom is -0.478 e. The summed E-state index contributed by atoms with van der Waals surface area (Å²) in [5.41, 5.74) is 0.252. The predicted molar refractivity (Wildman–Crippen MR) is 39.9 cm³/mol. The first-order valence-electron chi connectivity index (χ1n) is 3.16. The molecule has 0 aromatic carbocycles. The molecule has 0 bridgehead atoms. The summed E-state index contributed by atoms with van der Waals surface area (Å²) in [5.74, 6) is -0.915. The lowest BCUT2D eigenvalue weighted by molar-refractivity contribution is -0.132. The molecular weight excluding hydrogens is 130 g/mol. The van der Waals surface area contributed by atoms with E-state index in [1.54, 1.807) is 7.05 Å². The molecule has 58 valence electrons. The molecule has 3 heteroatoms. The number of aliphatic carboxylic acids is 1. The second-order valence-corrected chi connectivity index (χ2v) is 2.30. The Labute approximate surface area is 60.7 Å². The van der Waals surface area contributed by atoms with Crippen LogP contribution in [0.3, 0.4) is 0 Å². The monoisotopic (exact) mass is 143 g/mol. The van der Waals surface area contributed by atoms with Gasteiger partial charge in [-0.3, -0.25) is 0 Å². The Morgan fingerprint density at radius 2 is 2.30 bits per heavy atom. The Morgan fingerprint density at radius 1 is 1.80 bits per heavy atom. The van der Waals surface area contributed by atoms with Crippen molar-refractivity contribution in [1.29, 1.82) is 0 Å². The van der Waals surface area contributed by atoms with Crippen molar-refractivity contribution in [3.8, 4) is 0 Å². The van der Waals surface area contributed by atoms with Crippen LogP contribution < -0.4 is 5.32 Å². The van der Waals surface area contributed by atoms with Gasteiger partial charge in [0, 0.05) is 11.6 Å². The van der Waals surface area contributed by atoms with Crippen molar-refractivity contribution in [2.45, 2.75) is 19.4 Å². The number of hydrogen-bond donors (Lipinski definition) is 2. The van der Waals surface area contributed by atoms with E-state index in [0.717, 1.165) is 0 Å². The highest BCUT2D eigenvalue weighted by atomic mass is 16.4. The van der Waals surface area contributed by atoms with Gasteiger partial charge in [-0.2, -0.15) is 0 Å². The fourth-order valence-corrected chi connectivity index (χ4v) is 0.559. The first-order valence-corrected chi connectivity index (χ1v) is 3.16. The molecule has 0 aromatic rings. The van der Waals surface area contributed by atoms with Gasteiger partial charge in [0.15, 0.2) is 0 Å². The van der Waals surface area contributed by atoms with E-state index in [9.17, 15) is 4.79 Å². The summed E-state index contributed by atoms with van der Waals surface area (Å²) >= 11 is 0. The minimum atomic E-state index is -0.915. The molecule has 0 aliphatic carbocycles. The van der Waals surface area contributed by atoms with E-state index in [2.05, 4.69) is 11.9 Å². The van der Waals surface area contributed by atoms with Gasteiger partial charge in [0.1, 0.15) is 0 Å². The Balaban J connectivity index is 3.68. The van der Waals surface area contributed by atoms with E-state index >= 15 is 0 Å². The van der Waals surface area contributed by atoms with E-state index in [1.807, 2.05) is 6.92 Å². The van der Waals surface area contributed by atoms with Crippen LogP contribution in [0.1, 0.15) is 13.3 Å². The first kappa shape index (κ1) is 9.17. The van der Waals surface area contributed by atoms with Crippen LogP contribution >= 0.6 is 0 Å². The van der Waals surface area contributed by atoms with Crippen LogP contribution in [0, 0.1) is 0 Å². The largest absolute Gasteiger partial charge is 0.478 e. The molecule has 0 aliphatic rings. The summed E-state index contributed by atoms with van der Waals surface area (Å²) in [6.07, 6.45) is 0.492. The van der Waals surface area contributed by atoms with Crippen molar-refractivity contribution >= 4 is 5.97 Å². The third-order valence-electron chi connectivity index (χ3n) is 1.35. The van der Waals surface area contributed by atoms with Gasteiger partial charge < -0.3 is 10.4 Å². The first-order chi connectivity index (χ1) is 4.57. The van der Waals surface area contributed by atoms with Gasteiger partial charge in [-0.1, -0.05) is 6.58 Å². The summed E-state index contributed by atoms with van der Waals surface area (Å²) in [6, 6.07) is 0.184. The fraction of sp³-hybridized carbons (Fsp3) is 0.571. The molecule has 0 heterocycles. The standard InChI is InChI=1S/C7H13NO2/c1-5(7(9)10)4-6(2)8-3/h6,8H,1,4H2,2-3H3,(H,9,10). The normalized spacial score (nSPS) is 12.6. The summed E-state index contributed by atoms with van der Waals surface area (Å²) < 4.78 is 0. The maximum atomic E-state index is 10.2. The highest BCUT2D eigenvalue weighted by Crippen LogP contribution is 2.01. The zero-order valence-corrected chi connectivity index (χ0v) is 6.35. The third kappa shape index (κ3) is 3.25. The van der Waals surface area contributed by atoms with Crippen LogP contribution in [-0.4, -0.2) is 24.2 Å². The molecule has 0 saturated carbocycles. The lowest BCUT2D eigenvalue weighted by atomic mass is 10.1. The molecule has 0 aromatic heterocycles.